The summed E-state index contributed by atoms with van der Waals surface area (Å²) in [7, 11) is 0. The van der Waals surface area contributed by atoms with Crippen molar-refractivity contribution >= 4 is 25.3 Å². The highest BCUT2D eigenvalue weighted by atomic mass is 32.1. The minimum Gasteiger partial charge on any atom is -0.179 e. The van der Waals surface area contributed by atoms with Gasteiger partial charge in [0.1, 0.15) is 0 Å². The molecule has 0 unspecified atom stereocenters. The molecule has 0 amide bonds. The van der Waals surface area contributed by atoms with E-state index in [2.05, 4.69) is 32.2 Å². The summed E-state index contributed by atoms with van der Waals surface area (Å²) in [6.07, 6.45) is 3.91. The smallest absolute Gasteiger partial charge is 0.00617 e. The predicted molar refractivity (Wildman–Crippen MR) is 50.7 cm³/mol. The number of rotatable bonds is 5. The average molecular weight is 164 g/mol. The summed E-state index contributed by atoms with van der Waals surface area (Å²) in [4.78, 5) is 0. The first-order chi connectivity index (χ1) is 4.35. The maximum absolute atomic E-state index is 4.22. The molecule has 0 fully saturated rings. The molecule has 0 rings (SSSR count). The first kappa shape index (κ1) is 9.70. The highest BCUT2D eigenvalue weighted by molar-refractivity contribution is 7.81. The summed E-state index contributed by atoms with van der Waals surface area (Å²) < 4.78 is 0. The van der Waals surface area contributed by atoms with Gasteiger partial charge in [0, 0.05) is 0 Å². The summed E-state index contributed by atoms with van der Waals surface area (Å²) in [5.41, 5.74) is 0. The molecule has 0 radical (unpaired) electrons. The van der Waals surface area contributed by atoms with Gasteiger partial charge in [-0.25, -0.2) is 0 Å². The van der Waals surface area contributed by atoms with Crippen LogP contribution in [0.1, 0.15) is 26.2 Å². The lowest BCUT2D eigenvalue weighted by atomic mass is 10.1. The molecule has 56 valence electrons. The molecule has 0 aliphatic rings. The van der Waals surface area contributed by atoms with Gasteiger partial charge in [-0.2, -0.15) is 25.3 Å². The molecular formula is C7H16S2. The molecule has 0 saturated heterocycles. The first-order valence-corrected chi connectivity index (χ1v) is 4.83. The van der Waals surface area contributed by atoms with Gasteiger partial charge < -0.3 is 0 Å². The number of hydrogen-bond donors (Lipinski definition) is 2. The SMILES string of the molecule is CCCCC(CS)CS. The van der Waals surface area contributed by atoms with E-state index < -0.39 is 0 Å². The van der Waals surface area contributed by atoms with Crippen molar-refractivity contribution < 1.29 is 0 Å². The van der Waals surface area contributed by atoms with Gasteiger partial charge in [0.05, 0.1) is 0 Å². The highest BCUT2D eigenvalue weighted by Crippen LogP contribution is 2.10. The fourth-order valence-corrected chi connectivity index (χ4v) is 1.56. The second-order valence-electron chi connectivity index (χ2n) is 2.37. The van der Waals surface area contributed by atoms with Crippen molar-refractivity contribution in [2.75, 3.05) is 11.5 Å². The Hall–Kier alpha value is 0.700. The molecule has 0 atom stereocenters. The molecule has 9 heavy (non-hydrogen) atoms. The zero-order valence-electron chi connectivity index (χ0n) is 6.01. The Morgan fingerprint density at radius 1 is 1.22 bits per heavy atom. The molecule has 0 aliphatic carbocycles. The third-order valence-corrected chi connectivity index (χ3v) is 2.52. The highest BCUT2D eigenvalue weighted by Gasteiger charge is 2.01. The molecule has 0 spiro atoms. The van der Waals surface area contributed by atoms with Crippen LogP contribution in [0.3, 0.4) is 0 Å². The summed E-state index contributed by atoms with van der Waals surface area (Å²) >= 11 is 8.44. The molecule has 0 heterocycles. The third kappa shape index (κ3) is 5.16. The summed E-state index contributed by atoms with van der Waals surface area (Å²) in [6.45, 7) is 2.22. The van der Waals surface area contributed by atoms with E-state index in [1.54, 1.807) is 0 Å². The van der Waals surface area contributed by atoms with Gasteiger partial charge >= 0.3 is 0 Å². The van der Waals surface area contributed by atoms with Crippen molar-refractivity contribution in [3.05, 3.63) is 0 Å². The van der Waals surface area contributed by atoms with Crippen molar-refractivity contribution in [1.82, 2.24) is 0 Å². The molecule has 0 N–H and O–H groups in total. The molecular weight excluding hydrogens is 148 g/mol. The van der Waals surface area contributed by atoms with Crippen molar-refractivity contribution in [1.29, 1.82) is 0 Å². The van der Waals surface area contributed by atoms with E-state index in [0.29, 0.717) is 0 Å². The van der Waals surface area contributed by atoms with Crippen LogP contribution in [0.15, 0.2) is 0 Å². The van der Waals surface area contributed by atoms with E-state index in [0.717, 1.165) is 17.4 Å². The quantitative estimate of drug-likeness (QED) is 0.573. The molecule has 0 aromatic rings. The lowest BCUT2D eigenvalue weighted by Crippen LogP contribution is -2.03. The van der Waals surface area contributed by atoms with Gasteiger partial charge in [-0.3, -0.25) is 0 Å². The molecule has 2 heteroatoms. The van der Waals surface area contributed by atoms with Crippen LogP contribution in [-0.4, -0.2) is 11.5 Å². The molecule has 0 aromatic heterocycles. The van der Waals surface area contributed by atoms with Crippen LogP contribution in [-0.2, 0) is 0 Å². The Balaban J connectivity index is 3.09. The Bertz CT molecular complexity index is 50.9. The maximum atomic E-state index is 4.22. The average Bonchev–Trinajstić information content (AvgIpc) is 1.91. The topological polar surface area (TPSA) is 0 Å². The number of thiol groups is 2. The lowest BCUT2D eigenvalue weighted by molar-refractivity contribution is 0.567. The van der Waals surface area contributed by atoms with Gasteiger partial charge in [0.15, 0.2) is 0 Å². The summed E-state index contributed by atoms with van der Waals surface area (Å²) in [5, 5.41) is 0. The largest absolute Gasteiger partial charge is 0.179 e. The Labute approximate surface area is 69.2 Å². The fraction of sp³-hybridized carbons (Fsp3) is 1.00. The van der Waals surface area contributed by atoms with Gasteiger partial charge in [-0.15, -0.1) is 0 Å². The molecule has 0 aromatic carbocycles. The second-order valence-corrected chi connectivity index (χ2v) is 3.10. The molecule has 0 saturated carbocycles. The first-order valence-electron chi connectivity index (χ1n) is 3.56. The van der Waals surface area contributed by atoms with Gasteiger partial charge in [-0.1, -0.05) is 19.8 Å². The normalized spacial score (nSPS) is 10.7. The van der Waals surface area contributed by atoms with Crippen LogP contribution in [0.5, 0.6) is 0 Å². The van der Waals surface area contributed by atoms with Gasteiger partial charge in [0.25, 0.3) is 0 Å². The van der Waals surface area contributed by atoms with Crippen LogP contribution in [0.4, 0.5) is 0 Å². The van der Waals surface area contributed by atoms with E-state index in [1.165, 1.54) is 19.3 Å². The zero-order chi connectivity index (χ0) is 7.11. The number of hydrogen-bond acceptors (Lipinski definition) is 2. The summed E-state index contributed by atoms with van der Waals surface area (Å²) in [6, 6.07) is 0. The van der Waals surface area contributed by atoms with E-state index in [-0.39, 0.29) is 0 Å². The second kappa shape index (κ2) is 6.81. The van der Waals surface area contributed by atoms with Crippen molar-refractivity contribution in [2.24, 2.45) is 5.92 Å². The van der Waals surface area contributed by atoms with Crippen LogP contribution in [0.25, 0.3) is 0 Å². The van der Waals surface area contributed by atoms with Crippen molar-refractivity contribution in [3.8, 4) is 0 Å². The fourth-order valence-electron chi connectivity index (χ4n) is 0.733. The Morgan fingerprint density at radius 3 is 2.11 bits per heavy atom. The number of unbranched alkanes of at least 4 members (excludes halogenated alkanes) is 1. The maximum Gasteiger partial charge on any atom is -0.00617 e. The standard InChI is InChI=1S/C7H16S2/c1-2-3-4-7(5-8)6-9/h7-9H,2-6H2,1H3. The zero-order valence-corrected chi connectivity index (χ0v) is 7.80. The Morgan fingerprint density at radius 2 is 1.78 bits per heavy atom. The molecule has 0 aliphatic heterocycles. The van der Waals surface area contributed by atoms with E-state index >= 15 is 0 Å². The van der Waals surface area contributed by atoms with Crippen LogP contribution < -0.4 is 0 Å². The van der Waals surface area contributed by atoms with Gasteiger partial charge in [0.2, 0.25) is 0 Å². The van der Waals surface area contributed by atoms with Gasteiger partial charge in [-0.05, 0) is 23.8 Å². The molecule has 0 bridgehead atoms. The molecule has 0 nitrogen and oxygen atoms in total. The van der Waals surface area contributed by atoms with E-state index in [4.69, 9.17) is 0 Å². The van der Waals surface area contributed by atoms with E-state index in [1.807, 2.05) is 0 Å². The third-order valence-electron chi connectivity index (χ3n) is 1.48. The summed E-state index contributed by atoms with van der Waals surface area (Å²) in [5.74, 6) is 2.71. The van der Waals surface area contributed by atoms with Crippen LogP contribution in [0.2, 0.25) is 0 Å². The van der Waals surface area contributed by atoms with Crippen molar-refractivity contribution in [2.45, 2.75) is 26.2 Å². The Kier molecular flexibility index (Phi) is 7.34. The van der Waals surface area contributed by atoms with Crippen LogP contribution in [0, 0.1) is 5.92 Å². The van der Waals surface area contributed by atoms with E-state index in [9.17, 15) is 0 Å². The minimum atomic E-state index is 0.733. The van der Waals surface area contributed by atoms with Crippen LogP contribution >= 0.6 is 25.3 Å². The lowest BCUT2D eigenvalue weighted by Gasteiger charge is -2.08. The van der Waals surface area contributed by atoms with Crippen molar-refractivity contribution in [3.63, 3.8) is 0 Å². The monoisotopic (exact) mass is 164 g/mol. The predicted octanol–water partition coefficient (Wildman–Crippen LogP) is 2.65. The minimum absolute atomic E-state index is 0.733.